The van der Waals surface area contributed by atoms with Crippen molar-refractivity contribution < 1.29 is 9.53 Å². The van der Waals surface area contributed by atoms with Crippen LogP contribution in [-0.2, 0) is 16.1 Å². The van der Waals surface area contributed by atoms with E-state index in [0.717, 1.165) is 17.7 Å². The summed E-state index contributed by atoms with van der Waals surface area (Å²) < 4.78 is 5.52. The summed E-state index contributed by atoms with van der Waals surface area (Å²) in [5.41, 5.74) is 7.31. The second-order valence-corrected chi connectivity index (χ2v) is 5.05. The van der Waals surface area contributed by atoms with Crippen molar-refractivity contribution in [3.8, 4) is 0 Å². The van der Waals surface area contributed by atoms with Crippen molar-refractivity contribution in [3.63, 3.8) is 0 Å². The molecule has 106 valence electrons. The van der Waals surface area contributed by atoms with Crippen molar-refractivity contribution in [2.45, 2.75) is 39.8 Å². The smallest absolute Gasteiger partial charge is 0.253 e. The van der Waals surface area contributed by atoms with Gasteiger partial charge in [-0.25, -0.2) is 0 Å². The summed E-state index contributed by atoms with van der Waals surface area (Å²) in [5.74, 6) is 0.442. The minimum atomic E-state index is -0.454. The van der Waals surface area contributed by atoms with Crippen LogP contribution in [0.1, 0.15) is 32.8 Å². The third-order valence-corrected chi connectivity index (χ3v) is 2.93. The van der Waals surface area contributed by atoms with E-state index < -0.39 is 6.10 Å². The van der Waals surface area contributed by atoms with Crippen LogP contribution in [0, 0.1) is 5.92 Å². The van der Waals surface area contributed by atoms with Gasteiger partial charge in [-0.3, -0.25) is 4.79 Å². The number of nitrogens with one attached hydrogen (secondary N) is 1. The summed E-state index contributed by atoms with van der Waals surface area (Å²) in [7, 11) is 0. The molecular weight excluding hydrogens is 240 g/mol. The van der Waals surface area contributed by atoms with Crippen LogP contribution in [-0.4, -0.2) is 18.6 Å². The van der Waals surface area contributed by atoms with Gasteiger partial charge < -0.3 is 15.8 Å². The van der Waals surface area contributed by atoms with Gasteiger partial charge in [-0.1, -0.05) is 32.0 Å². The normalized spacial score (nSPS) is 12.5. The molecule has 3 N–H and O–H groups in total. The molecule has 19 heavy (non-hydrogen) atoms. The molecule has 1 rings (SSSR count). The Morgan fingerprint density at radius 2 is 2.00 bits per heavy atom. The maximum atomic E-state index is 12.0. The van der Waals surface area contributed by atoms with Crippen LogP contribution in [0.2, 0.25) is 0 Å². The first-order valence-electron chi connectivity index (χ1n) is 6.75. The van der Waals surface area contributed by atoms with Gasteiger partial charge in [0, 0.05) is 18.8 Å². The Hall–Kier alpha value is -1.39. The summed E-state index contributed by atoms with van der Waals surface area (Å²) >= 11 is 0. The highest BCUT2D eigenvalue weighted by atomic mass is 16.5. The molecule has 0 heterocycles. The van der Waals surface area contributed by atoms with Crippen molar-refractivity contribution in [2.24, 2.45) is 11.7 Å². The summed E-state index contributed by atoms with van der Waals surface area (Å²) in [6.07, 6.45) is 0.501. The summed E-state index contributed by atoms with van der Waals surface area (Å²) in [4.78, 5) is 12.0. The van der Waals surface area contributed by atoms with Crippen molar-refractivity contribution in [2.75, 3.05) is 11.9 Å². The number of hydrogen-bond acceptors (Lipinski definition) is 3. The molecule has 1 aromatic carbocycles. The summed E-state index contributed by atoms with van der Waals surface area (Å²) in [6, 6.07) is 7.53. The average molecular weight is 264 g/mol. The first-order chi connectivity index (χ1) is 9.04. The van der Waals surface area contributed by atoms with Gasteiger partial charge in [0.15, 0.2) is 0 Å². The van der Waals surface area contributed by atoms with E-state index >= 15 is 0 Å². The van der Waals surface area contributed by atoms with Crippen LogP contribution in [0.15, 0.2) is 24.3 Å². The van der Waals surface area contributed by atoms with Gasteiger partial charge in [0.2, 0.25) is 0 Å². The molecule has 0 radical (unpaired) electrons. The Morgan fingerprint density at radius 3 is 2.63 bits per heavy atom. The zero-order valence-electron chi connectivity index (χ0n) is 12.0. The second-order valence-electron chi connectivity index (χ2n) is 5.05. The van der Waals surface area contributed by atoms with Crippen LogP contribution >= 0.6 is 0 Å². The van der Waals surface area contributed by atoms with E-state index in [0.29, 0.717) is 19.1 Å². The van der Waals surface area contributed by atoms with Gasteiger partial charge >= 0.3 is 0 Å². The lowest BCUT2D eigenvalue weighted by atomic mass is 10.1. The van der Waals surface area contributed by atoms with Gasteiger partial charge in [0.05, 0.1) is 0 Å². The molecule has 1 aromatic rings. The SMILES string of the molecule is CC(C)CCOC(C)C(=O)Nc1ccccc1CN. The number of benzene rings is 1. The molecule has 4 nitrogen and oxygen atoms in total. The Morgan fingerprint density at radius 1 is 1.32 bits per heavy atom. The topological polar surface area (TPSA) is 64.3 Å². The summed E-state index contributed by atoms with van der Waals surface area (Å²) in [5, 5.41) is 2.86. The molecule has 1 atom stereocenters. The standard InChI is InChI=1S/C15H24N2O2/c1-11(2)8-9-19-12(3)15(18)17-14-7-5-4-6-13(14)10-16/h4-7,11-12H,8-10,16H2,1-3H3,(H,17,18). The number of rotatable bonds is 7. The summed E-state index contributed by atoms with van der Waals surface area (Å²) in [6.45, 7) is 7.03. The largest absolute Gasteiger partial charge is 0.369 e. The highest BCUT2D eigenvalue weighted by molar-refractivity contribution is 5.94. The third-order valence-electron chi connectivity index (χ3n) is 2.93. The molecule has 0 aliphatic rings. The zero-order chi connectivity index (χ0) is 14.3. The van der Waals surface area contributed by atoms with Gasteiger partial charge in [-0.2, -0.15) is 0 Å². The molecule has 0 bridgehead atoms. The van der Waals surface area contributed by atoms with Gasteiger partial charge in [-0.15, -0.1) is 0 Å². The van der Waals surface area contributed by atoms with Crippen LogP contribution in [0.3, 0.4) is 0 Å². The average Bonchev–Trinajstić information content (AvgIpc) is 2.38. The van der Waals surface area contributed by atoms with E-state index in [1.165, 1.54) is 0 Å². The molecule has 0 aromatic heterocycles. The molecule has 0 saturated heterocycles. The maximum Gasteiger partial charge on any atom is 0.253 e. The van der Waals surface area contributed by atoms with Crippen molar-refractivity contribution >= 4 is 11.6 Å². The van der Waals surface area contributed by atoms with Crippen LogP contribution in [0.4, 0.5) is 5.69 Å². The highest BCUT2D eigenvalue weighted by Gasteiger charge is 2.14. The molecule has 1 unspecified atom stereocenters. The number of hydrogen-bond donors (Lipinski definition) is 2. The minimum absolute atomic E-state index is 0.135. The van der Waals surface area contributed by atoms with E-state index in [1.54, 1.807) is 6.92 Å². The van der Waals surface area contributed by atoms with Crippen LogP contribution in [0.25, 0.3) is 0 Å². The van der Waals surface area contributed by atoms with Crippen LogP contribution < -0.4 is 11.1 Å². The fourth-order valence-corrected chi connectivity index (χ4v) is 1.61. The monoisotopic (exact) mass is 264 g/mol. The van der Waals surface area contributed by atoms with E-state index in [9.17, 15) is 4.79 Å². The fraction of sp³-hybridized carbons (Fsp3) is 0.533. The molecule has 0 fully saturated rings. The lowest BCUT2D eigenvalue weighted by molar-refractivity contribution is -0.126. The molecule has 4 heteroatoms. The molecule has 0 spiro atoms. The molecule has 1 amide bonds. The molecular formula is C15H24N2O2. The molecule has 0 aliphatic heterocycles. The number of nitrogens with two attached hydrogens (primary N) is 1. The maximum absolute atomic E-state index is 12.0. The van der Waals surface area contributed by atoms with Crippen molar-refractivity contribution in [1.82, 2.24) is 0 Å². The Bertz CT molecular complexity index is 405. The Labute approximate surface area is 115 Å². The quantitative estimate of drug-likeness (QED) is 0.795. The van der Waals surface area contributed by atoms with E-state index in [4.69, 9.17) is 10.5 Å². The van der Waals surface area contributed by atoms with Gasteiger partial charge in [-0.05, 0) is 30.9 Å². The van der Waals surface area contributed by atoms with E-state index in [1.807, 2.05) is 24.3 Å². The van der Waals surface area contributed by atoms with Gasteiger partial charge in [0.25, 0.3) is 5.91 Å². The number of carbonyl (C=O) groups excluding carboxylic acids is 1. The van der Waals surface area contributed by atoms with Crippen molar-refractivity contribution in [3.05, 3.63) is 29.8 Å². The lowest BCUT2D eigenvalue weighted by Crippen LogP contribution is -2.28. The number of amides is 1. The first kappa shape index (κ1) is 15.7. The third kappa shape index (κ3) is 5.41. The zero-order valence-corrected chi connectivity index (χ0v) is 12.0. The number of ether oxygens (including phenoxy) is 1. The van der Waals surface area contributed by atoms with Crippen LogP contribution in [0.5, 0.6) is 0 Å². The second kappa shape index (κ2) is 7.92. The van der Waals surface area contributed by atoms with Crippen molar-refractivity contribution in [1.29, 1.82) is 0 Å². The lowest BCUT2D eigenvalue weighted by Gasteiger charge is -2.15. The predicted molar refractivity (Wildman–Crippen MR) is 77.8 cm³/mol. The minimum Gasteiger partial charge on any atom is -0.369 e. The molecule has 0 saturated carbocycles. The number of carbonyl (C=O) groups is 1. The highest BCUT2D eigenvalue weighted by Crippen LogP contribution is 2.14. The van der Waals surface area contributed by atoms with E-state index in [2.05, 4.69) is 19.2 Å². The Kier molecular flexibility index (Phi) is 6.53. The fourth-order valence-electron chi connectivity index (χ4n) is 1.61. The molecule has 0 aliphatic carbocycles. The first-order valence-corrected chi connectivity index (χ1v) is 6.75. The number of anilines is 1. The predicted octanol–water partition coefficient (Wildman–Crippen LogP) is 2.54. The van der Waals surface area contributed by atoms with E-state index in [-0.39, 0.29) is 5.91 Å². The van der Waals surface area contributed by atoms with Gasteiger partial charge in [0.1, 0.15) is 6.10 Å². The Balaban J connectivity index is 2.49. The number of para-hydroxylation sites is 1.